The van der Waals surface area contributed by atoms with Crippen LogP contribution < -0.4 is 0 Å². The minimum Gasteiger partial charge on any atom is -0.456 e. The van der Waals surface area contributed by atoms with E-state index in [1.807, 2.05) is 60.9 Å². The van der Waals surface area contributed by atoms with Gasteiger partial charge >= 0.3 is 0 Å². The zero-order valence-corrected chi connectivity index (χ0v) is 75.7. The summed E-state index contributed by atoms with van der Waals surface area (Å²) in [5, 5.41) is 26.2. The average Bonchev–Trinajstić information content (AvgIpc) is 1.29. The third-order valence-electron chi connectivity index (χ3n) is 28.8. The van der Waals surface area contributed by atoms with Crippen molar-refractivity contribution in [2.45, 2.75) is 0 Å². The van der Waals surface area contributed by atoms with Crippen LogP contribution in [0.5, 0.6) is 0 Å². The molecule has 7 aromatic heterocycles. The number of rotatable bonds is 13. The number of furan rings is 3. The molecule has 0 bridgehead atoms. The second-order valence-electron chi connectivity index (χ2n) is 36.8. The van der Waals surface area contributed by atoms with Crippen molar-refractivity contribution in [1.82, 2.24) is 34.9 Å². The van der Waals surface area contributed by atoms with Crippen LogP contribution in [0.15, 0.2) is 469 Å². The summed E-state index contributed by atoms with van der Waals surface area (Å²) in [6, 6.07) is 156. The van der Waals surface area contributed by atoms with Gasteiger partial charge in [0.1, 0.15) is 33.5 Å². The van der Waals surface area contributed by atoms with Crippen LogP contribution in [-0.4, -0.2) is 34.9 Å². The molecule has 0 unspecified atom stereocenters. The molecular weight excluding hydrogens is 1720 g/mol. The normalized spacial score (nSPS) is 12.0. The Morgan fingerprint density at radius 1 is 0.149 bits per heavy atom. The van der Waals surface area contributed by atoms with Crippen LogP contribution in [0.1, 0.15) is 0 Å². The van der Waals surface area contributed by atoms with Gasteiger partial charge in [-0.3, -0.25) is 9.97 Å². The van der Waals surface area contributed by atoms with Crippen LogP contribution in [0.2, 0.25) is 0 Å². The van der Waals surface area contributed by atoms with Crippen molar-refractivity contribution in [3.05, 3.63) is 455 Å². The molecule has 0 aliphatic heterocycles. The quantitative estimate of drug-likeness (QED) is 0.103. The molecule has 0 aliphatic rings. The number of fused-ring (bicyclic) bond motifs is 18. The third-order valence-corrected chi connectivity index (χ3v) is 28.8. The summed E-state index contributed by atoms with van der Waals surface area (Å²) in [5.41, 5.74) is 27.2. The van der Waals surface area contributed by atoms with Crippen LogP contribution in [0, 0.1) is 0 Å². The van der Waals surface area contributed by atoms with Crippen molar-refractivity contribution in [3.8, 4) is 146 Å². The molecule has 0 amide bonds. The van der Waals surface area contributed by atoms with E-state index in [-0.39, 0.29) is 0 Å². The van der Waals surface area contributed by atoms with Crippen LogP contribution in [0.3, 0.4) is 0 Å². The van der Waals surface area contributed by atoms with Crippen molar-refractivity contribution in [3.63, 3.8) is 0 Å². The molecule has 29 aromatic rings. The first-order valence-corrected chi connectivity index (χ1v) is 47.6. The summed E-state index contributed by atoms with van der Waals surface area (Å²) >= 11 is 0. The highest BCUT2D eigenvalue weighted by atomic mass is 16.3. The van der Waals surface area contributed by atoms with Gasteiger partial charge in [0.05, 0.1) is 17.1 Å². The molecule has 652 valence electrons. The van der Waals surface area contributed by atoms with E-state index in [2.05, 4.69) is 393 Å². The maximum absolute atomic E-state index is 7.00. The summed E-state index contributed by atoms with van der Waals surface area (Å²) in [7, 11) is 0. The second-order valence-corrected chi connectivity index (χ2v) is 36.8. The Hall–Kier alpha value is -19.0. The predicted molar refractivity (Wildman–Crippen MR) is 581 cm³/mol. The van der Waals surface area contributed by atoms with Gasteiger partial charge in [-0.1, -0.05) is 328 Å². The Kier molecular flexibility index (Phi) is 17.9. The molecule has 141 heavy (non-hydrogen) atoms. The Labute approximate surface area is 806 Å². The predicted octanol–water partition coefficient (Wildman–Crippen LogP) is 35.2. The van der Waals surface area contributed by atoms with Gasteiger partial charge in [-0.25, -0.2) is 24.9 Å². The number of hydrogen-bond acceptors (Lipinski definition) is 10. The van der Waals surface area contributed by atoms with Crippen LogP contribution >= 0.6 is 0 Å². The minimum absolute atomic E-state index is 0.611. The SMILES string of the molecule is c1ccc(-c2nc(-c3ccccc3)nc(-c3c4ccccc4c(-c4ccc5oc6cc7c(-c8cccc(-c9cc(-c%10ccc(-c%11ccc%12cc%13c(cc%12c%11)oc%11ccc(-c%12c%14ccccc%14c(-c%14ccc(-c%15cccnc%15)nc%14)c%14ccccc%12%14)cc%11%13)cc%10)nc(-c%10c%11ccccc%11c(-c%11ccc%12oc%13cc%14ccccc%14cc%13c%12c%11)c%11ccccc%10%11)n9)c8)cccc7cc6c5c4)c4ccccc34)n2)cc1. The lowest BCUT2D eigenvalue weighted by Crippen LogP contribution is -2.01. The summed E-state index contributed by atoms with van der Waals surface area (Å²) in [6.07, 6.45) is 5.65. The van der Waals surface area contributed by atoms with Gasteiger partial charge in [-0.2, -0.15) is 0 Å². The topological polar surface area (TPSA) is 130 Å². The van der Waals surface area contributed by atoms with Gasteiger partial charge in [-0.05, 0) is 267 Å². The van der Waals surface area contributed by atoms with Gasteiger partial charge < -0.3 is 13.3 Å². The second kappa shape index (κ2) is 31.8. The maximum Gasteiger partial charge on any atom is 0.165 e. The van der Waals surface area contributed by atoms with Gasteiger partial charge in [0.2, 0.25) is 0 Å². The standard InChI is InChI=1S/C131H75N7O3/c1-3-24-78(25-4-1)128-136-129(79-26-5-2-6-27-79)138-131(137-128)127-104-44-19-15-40-100(104)124(101-41-16-20-45-105(101)127)89-56-60-118-109(69-89)112-66-85-31-22-46-93(106(85)72-121(112)141-118)84-30-21-32-86(63-84)115-73-114(134-130(135-115)126-102-42-17-13-38-98(102)123(99-39-14-18-43-103(99)126)88-55-58-116-107(68-88)110-64-80-28-7-8-29-81(80)70-119(110)139-116)77-49-47-76(48-50-77)82-51-52-83-65-111-108-67-87(54-59-117(108)140-120(111)71-92(83)62-82)122-94-34-9-11-36-96(94)125(97-37-12-10-35-95(97)122)91-53-57-113(133-75-91)90-33-23-61-132-74-90/h1-75H. The van der Waals surface area contributed by atoms with Crippen LogP contribution in [0.25, 0.3) is 309 Å². The molecule has 0 N–H and O–H groups in total. The first-order valence-electron chi connectivity index (χ1n) is 47.6. The van der Waals surface area contributed by atoms with E-state index >= 15 is 0 Å². The fraction of sp³-hybridized carbons (Fsp3) is 0. The van der Waals surface area contributed by atoms with Crippen molar-refractivity contribution in [2.75, 3.05) is 0 Å². The molecule has 22 aromatic carbocycles. The van der Waals surface area contributed by atoms with E-state index in [4.69, 9.17) is 43.2 Å². The van der Waals surface area contributed by atoms with Crippen LogP contribution in [-0.2, 0) is 0 Å². The molecule has 0 radical (unpaired) electrons. The van der Waals surface area contributed by atoms with Gasteiger partial charge in [0.15, 0.2) is 23.3 Å². The summed E-state index contributed by atoms with van der Waals surface area (Å²) in [5.74, 6) is 2.45. The van der Waals surface area contributed by atoms with Crippen molar-refractivity contribution < 1.29 is 13.3 Å². The van der Waals surface area contributed by atoms with Gasteiger partial charge in [0.25, 0.3) is 0 Å². The van der Waals surface area contributed by atoms with E-state index in [0.717, 1.165) is 264 Å². The van der Waals surface area contributed by atoms with E-state index in [1.165, 1.54) is 21.7 Å². The monoisotopic (exact) mass is 1790 g/mol. The molecular formula is C131H75N7O3. The van der Waals surface area contributed by atoms with Gasteiger partial charge in [0, 0.05) is 95.4 Å². The Morgan fingerprint density at radius 3 is 1.00 bits per heavy atom. The number of pyridine rings is 2. The molecule has 10 nitrogen and oxygen atoms in total. The zero-order valence-electron chi connectivity index (χ0n) is 75.7. The lowest BCUT2D eigenvalue weighted by Gasteiger charge is -2.18. The summed E-state index contributed by atoms with van der Waals surface area (Å²) < 4.78 is 20.5. The highest BCUT2D eigenvalue weighted by Crippen LogP contribution is 2.52. The fourth-order valence-corrected chi connectivity index (χ4v) is 22.2. The average molecular weight is 1800 g/mol. The number of benzene rings is 22. The van der Waals surface area contributed by atoms with E-state index in [0.29, 0.717) is 23.3 Å². The number of nitrogens with zero attached hydrogens (tertiary/aromatic N) is 7. The fourth-order valence-electron chi connectivity index (χ4n) is 22.2. The zero-order chi connectivity index (χ0) is 92.4. The molecule has 7 heterocycles. The Bertz CT molecular complexity index is 10100. The number of aromatic nitrogens is 7. The van der Waals surface area contributed by atoms with E-state index in [9.17, 15) is 0 Å². The first kappa shape index (κ1) is 79.4. The molecule has 0 aliphatic carbocycles. The largest absolute Gasteiger partial charge is 0.456 e. The Morgan fingerprint density at radius 2 is 0.511 bits per heavy atom. The molecule has 0 saturated carbocycles. The minimum atomic E-state index is 0.611. The maximum atomic E-state index is 7.00. The first-order chi connectivity index (χ1) is 69.8. The van der Waals surface area contributed by atoms with Crippen molar-refractivity contribution >= 4 is 163 Å². The highest BCUT2D eigenvalue weighted by molar-refractivity contribution is 6.27. The van der Waals surface area contributed by atoms with Crippen molar-refractivity contribution in [1.29, 1.82) is 0 Å². The molecule has 0 fully saturated rings. The lowest BCUT2D eigenvalue weighted by atomic mass is 9.86. The molecule has 29 rings (SSSR count). The van der Waals surface area contributed by atoms with E-state index in [1.54, 1.807) is 6.20 Å². The lowest BCUT2D eigenvalue weighted by molar-refractivity contribution is 0.669. The van der Waals surface area contributed by atoms with Crippen molar-refractivity contribution in [2.24, 2.45) is 0 Å². The smallest absolute Gasteiger partial charge is 0.165 e. The summed E-state index contributed by atoms with van der Waals surface area (Å²) in [6.45, 7) is 0. The molecule has 0 atom stereocenters. The molecule has 0 saturated heterocycles. The molecule has 0 spiro atoms. The van der Waals surface area contributed by atoms with E-state index < -0.39 is 0 Å². The Balaban J connectivity index is 0.536. The number of hydrogen-bond donors (Lipinski definition) is 0. The molecule has 10 heteroatoms. The van der Waals surface area contributed by atoms with Gasteiger partial charge in [-0.15, -0.1) is 0 Å². The highest BCUT2D eigenvalue weighted by Gasteiger charge is 2.28. The third kappa shape index (κ3) is 13.1. The summed E-state index contributed by atoms with van der Waals surface area (Å²) in [4.78, 5) is 36.6. The van der Waals surface area contributed by atoms with Crippen LogP contribution in [0.4, 0.5) is 0 Å².